The molecule has 0 radical (unpaired) electrons. The molecule has 6 heteroatoms. The highest BCUT2D eigenvalue weighted by Gasteiger charge is 2.31. The number of thioether (sulfide) groups is 1. The van der Waals surface area contributed by atoms with Crippen LogP contribution in [-0.4, -0.2) is 5.51 Å². The van der Waals surface area contributed by atoms with Gasteiger partial charge in [-0.25, -0.2) is 0 Å². The quantitative estimate of drug-likeness (QED) is 0.647. The first-order chi connectivity index (χ1) is 6.29. The molecule has 0 heterocycles. The standard InChI is InChI=1S/C8H5Cl2F3S/c1-4-2-5(9)7(6(10)3-4)14-8(11,12)13/h2-3H,1H3. The zero-order chi connectivity index (χ0) is 10.9. The second kappa shape index (κ2) is 4.21. The van der Waals surface area contributed by atoms with Gasteiger partial charge in [-0.3, -0.25) is 0 Å². The maximum absolute atomic E-state index is 12.0. The van der Waals surface area contributed by atoms with E-state index in [0.29, 0.717) is 0 Å². The van der Waals surface area contributed by atoms with Crippen LogP contribution in [0.25, 0.3) is 0 Å². The van der Waals surface area contributed by atoms with E-state index in [1.54, 1.807) is 6.92 Å². The fourth-order valence-corrected chi connectivity index (χ4v) is 2.27. The van der Waals surface area contributed by atoms with Crippen LogP contribution in [0, 0.1) is 6.92 Å². The first-order valence-corrected chi connectivity index (χ1v) is 5.08. The van der Waals surface area contributed by atoms with Gasteiger partial charge in [0.15, 0.2) is 0 Å². The van der Waals surface area contributed by atoms with Crippen LogP contribution < -0.4 is 0 Å². The van der Waals surface area contributed by atoms with E-state index < -0.39 is 5.51 Å². The number of alkyl halides is 3. The van der Waals surface area contributed by atoms with Gasteiger partial charge in [0.05, 0.1) is 14.9 Å². The first-order valence-electron chi connectivity index (χ1n) is 3.51. The Morgan fingerprint density at radius 2 is 1.57 bits per heavy atom. The average molecular weight is 261 g/mol. The van der Waals surface area contributed by atoms with Crippen molar-refractivity contribution in [2.75, 3.05) is 0 Å². The summed E-state index contributed by atoms with van der Waals surface area (Å²) in [4.78, 5) is -0.147. The molecule has 0 aliphatic carbocycles. The van der Waals surface area contributed by atoms with Gasteiger partial charge in [-0.2, -0.15) is 13.2 Å². The van der Waals surface area contributed by atoms with Crippen molar-refractivity contribution in [2.45, 2.75) is 17.3 Å². The zero-order valence-electron chi connectivity index (χ0n) is 6.95. The number of hydrogen-bond acceptors (Lipinski definition) is 1. The number of benzene rings is 1. The van der Waals surface area contributed by atoms with Crippen molar-refractivity contribution in [3.05, 3.63) is 27.7 Å². The number of halogens is 5. The Balaban J connectivity index is 3.09. The topological polar surface area (TPSA) is 0 Å². The summed E-state index contributed by atoms with van der Waals surface area (Å²) in [6.07, 6.45) is 0. The molecule has 1 aromatic rings. The van der Waals surface area contributed by atoms with Crippen molar-refractivity contribution in [2.24, 2.45) is 0 Å². The van der Waals surface area contributed by atoms with Gasteiger partial charge in [0, 0.05) is 0 Å². The Hall–Kier alpha value is -0.0600. The summed E-state index contributed by atoms with van der Waals surface area (Å²) in [5, 5.41) is 0.0506. The SMILES string of the molecule is Cc1cc(Cl)c(SC(F)(F)F)c(Cl)c1. The molecule has 0 unspecified atom stereocenters. The molecule has 0 spiro atoms. The lowest BCUT2D eigenvalue weighted by Gasteiger charge is -2.09. The minimum Gasteiger partial charge on any atom is -0.160 e. The number of rotatable bonds is 1. The monoisotopic (exact) mass is 260 g/mol. The molecule has 0 nitrogen and oxygen atoms in total. The fraction of sp³-hybridized carbons (Fsp3) is 0.250. The van der Waals surface area contributed by atoms with E-state index in [9.17, 15) is 13.2 Å². The third-order valence-corrected chi connectivity index (χ3v) is 3.06. The normalized spacial score (nSPS) is 11.9. The second-order valence-electron chi connectivity index (χ2n) is 2.61. The smallest absolute Gasteiger partial charge is 0.160 e. The molecule has 1 aromatic carbocycles. The molecule has 14 heavy (non-hydrogen) atoms. The Labute approximate surface area is 93.4 Å². The van der Waals surface area contributed by atoms with Crippen LogP contribution >= 0.6 is 35.0 Å². The summed E-state index contributed by atoms with van der Waals surface area (Å²) in [5.74, 6) is 0. The van der Waals surface area contributed by atoms with Gasteiger partial charge in [-0.1, -0.05) is 23.2 Å². The summed E-state index contributed by atoms with van der Waals surface area (Å²) in [5.41, 5.74) is -3.64. The minimum absolute atomic E-state index is 0.0253. The maximum Gasteiger partial charge on any atom is 0.446 e. The van der Waals surface area contributed by atoms with E-state index in [4.69, 9.17) is 23.2 Å². The molecule has 0 bridgehead atoms. The van der Waals surface area contributed by atoms with E-state index in [0.717, 1.165) is 5.56 Å². The van der Waals surface area contributed by atoms with E-state index in [-0.39, 0.29) is 26.7 Å². The average Bonchev–Trinajstić information content (AvgIpc) is 1.95. The summed E-state index contributed by atoms with van der Waals surface area (Å²) < 4.78 is 36.1. The van der Waals surface area contributed by atoms with Crippen molar-refractivity contribution < 1.29 is 13.2 Å². The lowest BCUT2D eigenvalue weighted by molar-refractivity contribution is -0.0328. The van der Waals surface area contributed by atoms with Crippen LogP contribution in [0.3, 0.4) is 0 Å². The van der Waals surface area contributed by atoms with Gasteiger partial charge in [-0.15, -0.1) is 0 Å². The molecule has 78 valence electrons. The van der Waals surface area contributed by atoms with Crippen molar-refractivity contribution in [3.63, 3.8) is 0 Å². The van der Waals surface area contributed by atoms with Gasteiger partial charge in [0.2, 0.25) is 0 Å². The summed E-state index contributed by atoms with van der Waals surface area (Å²) >= 11 is 11.0. The lowest BCUT2D eigenvalue weighted by atomic mass is 10.2. The third kappa shape index (κ3) is 3.26. The molecule has 0 saturated carbocycles. The van der Waals surface area contributed by atoms with Gasteiger partial charge in [0.1, 0.15) is 0 Å². The van der Waals surface area contributed by atoms with Crippen molar-refractivity contribution in [3.8, 4) is 0 Å². The Morgan fingerprint density at radius 1 is 1.14 bits per heavy atom. The molecule has 0 saturated heterocycles. The largest absolute Gasteiger partial charge is 0.446 e. The third-order valence-electron chi connectivity index (χ3n) is 1.36. The molecule has 1 rings (SSSR count). The molecule has 0 N–H and O–H groups in total. The van der Waals surface area contributed by atoms with Crippen LogP contribution in [-0.2, 0) is 0 Å². The molecule has 0 atom stereocenters. The predicted molar refractivity (Wildman–Crippen MR) is 53.1 cm³/mol. The van der Waals surface area contributed by atoms with Crippen molar-refractivity contribution >= 4 is 35.0 Å². The van der Waals surface area contributed by atoms with Crippen LogP contribution in [0.1, 0.15) is 5.56 Å². The molecular weight excluding hydrogens is 256 g/mol. The Bertz CT molecular complexity index is 326. The van der Waals surface area contributed by atoms with E-state index in [2.05, 4.69) is 0 Å². The highest BCUT2D eigenvalue weighted by molar-refractivity contribution is 8.00. The lowest BCUT2D eigenvalue weighted by Crippen LogP contribution is -1.99. The van der Waals surface area contributed by atoms with E-state index in [1.807, 2.05) is 0 Å². The van der Waals surface area contributed by atoms with E-state index >= 15 is 0 Å². The summed E-state index contributed by atoms with van der Waals surface area (Å²) in [6, 6.07) is 2.89. The fourth-order valence-electron chi connectivity index (χ4n) is 0.900. The Kier molecular flexibility index (Phi) is 3.61. The van der Waals surface area contributed by atoms with Gasteiger partial charge < -0.3 is 0 Å². The predicted octanol–water partition coefficient (Wildman–Crippen LogP) is 4.91. The molecule has 0 aliphatic rings. The van der Waals surface area contributed by atoms with Crippen LogP contribution in [0.4, 0.5) is 13.2 Å². The highest BCUT2D eigenvalue weighted by Crippen LogP contribution is 2.44. The maximum atomic E-state index is 12.0. The highest BCUT2D eigenvalue weighted by atomic mass is 35.5. The van der Waals surface area contributed by atoms with Gasteiger partial charge >= 0.3 is 5.51 Å². The molecule has 0 aliphatic heterocycles. The molecule has 0 aromatic heterocycles. The second-order valence-corrected chi connectivity index (χ2v) is 4.50. The summed E-state index contributed by atoms with van der Waals surface area (Å²) in [6.45, 7) is 1.71. The van der Waals surface area contributed by atoms with Crippen molar-refractivity contribution in [1.82, 2.24) is 0 Å². The number of aryl methyl sites for hydroxylation is 1. The Morgan fingerprint density at radius 3 is 1.93 bits per heavy atom. The van der Waals surface area contributed by atoms with Gasteiger partial charge in [0.25, 0.3) is 0 Å². The van der Waals surface area contributed by atoms with Crippen LogP contribution in [0.5, 0.6) is 0 Å². The molecular formula is C8H5Cl2F3S. The summed E-state index contributed by atoms with van der Waals surface area (Å²) in [7, 11) is 0. The zero-order valence-corrected chi connectivity index (χ0v) is 9.28. The number of hydrogen-bond donors (Lipinski definition) is 0. The first kappa shape index (κ1) is 12.0. The van der Waals surface area contributed by atoms with Crippen LogP contribution in [0.15, 0.2) is 17.0 Å². The molecule has 0 amide bonds. The van der Waals surface area contributed by atoms with Gasteiger partial charge in [-0.05, 0) is 36.4 Å². The van der Waals surface area contributed by atoms with Crippen LogP contribution in [0.2, 0.25) is 10.0 Å². The van der Waals surface area contributed by atoms with E-state index in [1.165, 1.54) is 12.1 Å². The van der Waals surface area contributed by atoms with Crippen molar-refractivity contribution in [1.29, 1.82) is 0 Å². The molecule has 0 fully saturated rings. The minimum atomic E-state index is -4.37.